The smallest absolute Gasteiger partial charge is 0.311 e. The highest BCUT2D eigenvalue weighted by Crippen LogP contribution is 2.31. The second-order valence-corrected chi connectivity index (χ2v) is 7.75. The van der Waals surface area contributed by atoms with Crippen LogP contribution < -0.4 is 10.2 Å². The fourth-order valence-corrected chi connectivity index (χ4v) is 3.50. The van der Waals surface area contributed by atoms with Crippen molar-refractivity contribution in [3.63, 3.8) is 0 Å². The Bertz CT molecular complexity index is 977. The number of anilines is 2. The molecule has 152 valence electrons. The monoisotopic (exact) mass is 434 g/mol. The van der Waals surface area contributed by atoms with Gasteiger partial charge in [0.1, 0.15) is 0 Å². The lowest BCUT2D eigenvalue weighted by atomic mass is 10.1. The fraction of sp³-hybridized carbons (Fsp3) is 0.286. The highest BCUT2D eigenvalue weighted by atomic mass is 35.5. The lowest BCUT2D eigenvalue weighted by molar-refractivity contribution is -0.151. The number of hydrogen-bond donors (Lipinski definition) is 1. The van der Waals surface area contributed by atoms with Crippen LogP contribution in [0, 0.1) is 19.8 Å². The molecule has 1 aliphatic rings. The second kappa shape index (κ2) is 8.84. The van der Waals surface area contributed by atoms with E-state index in [1.54, 1.807) is 36.4 Å². The van der Waals surface area contributed by atoms with E-state index in [0.717, 1.165) is 11.1 Å². The maximum absolute atomic E-state index is 12.4. The Kier molecular flexibility index (Phi) is 6.45. The zero-order valence-electron chi connectivity index (χ0n) is 16.0. The van der Waals surface area contributed by atoms with Crippen molar-refractivity contribution >= 4 is 52.4 Å². The van der Waals surface area contributed by atoms with E-state index >= 15 is 0 Å². The minimum Gasteiger partial charge on any atom is -0.455 e. The van der Waals surface area contributed by atoms with E-state index in [1.807, 2.05) is 13.8 Å². The Labute approximate surface area is 178 Å². The molecule has 0 bridgehead atoms. The van der Waals surface area contributed by atoms with Gasteiger partial charge < -0.3 is 15.0 Å². The largest absolute Gasteiger partial charge is 0.455 e. The van der Waals surface area contributed by atoms with Gasteiger partial charge >= 0.3 is 5.97 Å². The molecule has 29 heavy (non-hydrogen) atoms. The molecule has 1 atom stereocenters. The first kappa shape index (κ1) is 21.1. The summed E-state index contributed by atoms with van der Waals surface area (Å²) in [7, 11) is 0. The summed E-state index contributed by atoms with van der Waals surface area (Å²) in [6.07, 6.45) is 0.0276. The topological polar surface area (TPSA) is 75.7 Å². The molecular formula is C21H20Cl2N2O4. The van der Waals surface area contributed by atoms with Gasteiger partial charge in [0.2, 0.25) is 5.91 Å². The third kappa shape index (κ3) is 4.89. The van der Waals surface area contributed by atoms with Crippen LogP contribution in [0.5, 0.6) is 0 Å². The first-order chi connectivity index (χ1) is 13.8. The molecule has 2 amide bonds. The molecule has 0 spiro atoms. The third-order valence-corrected chi connectivity index (χ3v) is 5.45. The van der Waals surface area contributed by atoms with Crippen molar-refractivity contribution < 1.29 is 19.1 Å². The van der Waals surface area contributed by atoms with Crippen molar-refractivity contribution in [1.29, 1.82) is 0 Å². The van der Waals surface area contributed by atoms with E-state index in [1.165, 1.54) is 4.90 Å². The van der Waals surface area contributed by atoms with Crippen LogP contribution in [0.4, 0.5) is 11.4 Å². The standard InChI is InChI=1S/C21H20Cl2N2O4/c1-12-6-7-15(22)9-17(12)24-19(26)11-29-21(28)14-8-20(27)25(10-14)18-5-3-4-16(23)13(18)2/h3-7,9,14H,8,10-11H2,1-2H3,(H,24,26)/t14-/m0/s1. The van der Waals surface area contributed by atoms with Crippen molar-refractivity contribution in [3.8, 4) is 0 Å². The Morgan fingerprint density at radius 1 is 1.21 bits per heavy atom. The predicted molar refractivity (Wildman–Crippen MR) is 112 cm³/mol. The number of benzene rings is 2. The van der Waals surface area contributed by atoms with Gasteiger partial charge in [-0.3, -0.25) is 14.4 Å². The van der Waals surface area contributed by atoms with Gasteiger partial charge in [0, 0.05) is 34.4 Å². The van der Waals surface area contributed by atoms with Crippen LogP contribution in [0.15, 0.2) is 36.4 Å². The van der Waals surface area contributed by atoms with E-state index < -0.39 is 24.4 Å². The normalized spacial score (nSPS) is 16.1. The van der Waals surface area contributed by atoms with Gasteiger partial charge in [-0.25, -0.2) is 0 Å². The van der Waals surface area contributed by atoms with Crippen LogP contribution in [-0.2, 0) is 19.1 Å². The Hall–Kier alpha value is -2.57. The number of rotatable bonds is 5. The molecule has 1 fully saturated rings. The van der Waals surface area contributed by atoms with E-state index in [2.05, 4.69) is 5.32 Å². The molecule has 1 saturated heterocycles. The van der Waals surface area contributed by atoms with Gasteiger partial charge in [-0.05, 0) is 49.2 Å². The lowest BCUT2D eigenvalue weighted by Crippen LogP contribution is -2.28. The second-order valence-electron chi connectivity index (χ2n) is 6.90. The molecule has 1 N–H and O–H groups in total. The molecule has 3 rings (SSSR count). The molecular weight excluding hydrogens is 415 g/mol. The highest BCUT2D eigenvalue weighted by molar-refractivity contribution is 6.32. The average Bonchev–Trinajstić information content (AvgIpc) is 3.06. The number of nitrogens with zero attached hydrogens (tertiary/aromatic N) is 1. The van der Waals surface area contributed by atoms with Crippen LogP contribution in [0.3, 0.4) is 0 Å². The predicted octanol–water partition coefficient (Wildman–Crippen LogP) is 4.15. The Morgan fingerprint density at radius 3 is 2.72 bits per heavy atom. The summed E-state index contributed by atoms with van der Waals surface area (Å²) in [6, 6.07) is 10.4. The number of carbonyl (C=O) groups is 3. The van der Waals surface area contributed by atoms with Gasteiger partial charge in [0.05, 0.1) is 5.92 Å². The highest BCUT2D eigenvalue weighted by Gasteiger charge is 2.37. The van der Waals surface area contributed by atoms with Gasteiger partial charge in [0.15, 0.2) is 6.61 Å². The van der Waals surface area contributed by atoms with E-state index in [0.29, 0.717) is 21.4 Å². The number of ether oxygens (including phenoxy) is 1. The Morgan fingerprint density at radius 2 is 1.97 bits per heavy atom. The number of aryl methyl sites for hydroxylation is 1. The molecule has 1 aliphatic heterocycles. The first-order valence-corrected chi connectivity index (χ1v) is 9.80. The quantitative estimate of drug-likeness (QED) is 0.717. The number of amides is 2. The number of hydrogen-bond acceptors (Lipinski definition) is 4. The maximum Gasteiger partial charge on any atom is 0.311 e. The number of carbonyl (C=O) groups excluding carboxylic acids is 3. The van der Waals surface area contributed by atoms with Gasteiger partial charge in [0.25, 0.3) is 5.91 Å². The van der Waals surface area contributed by atoms with E-state index in [4.69, 9.17) is 27.9 Å². The summed E-state index contributed by atoms with van der Waals surface area (Å²) < 4.78 is 5.13. The minimum absolute atomic E-state index is 0.0276. The minimum atomic E-state index is -0.637. The summed E-state index contributed by atoms with van der Waals surface area (Å²) in [6.45, 7) is 3.40. The van der Waals surface area contributed by atoms with E-state index in [-0.39, 0.29) is 18.9 Å². The van der Waals surface area contributed by atoms with Crippen LogP contribution in [0.25, 0.3) is 0 Å². The summed E-state index contributed by atoms with van der Waals surface area (Å²) in [5.41, 5.74) is 2.83. The molecule has 0 saturated carbocycles. The maximum atomic E-state index is 12.4. The summed E-state index contributed by atoms with van der Waals surface area (Å²) in [5.74, 6) is -1.88. The molecule has 0 aliphatic carbocycles. The van der Waals surface area contributed by atoms with Crippen molar-refractivity contribution in [2.45, 2.75) is 20.3 Å². The van der Waals surface area contributed by atoms with Crippen LogP contribution in [-0.4, -0.2) is 30.9 Å². The van der Waals surface area contributed by atoms with Crippen LogP contribution in [0.2, 0.25) is 10.0 Å². The average molecular weight is 435 g/mol. The van der Waals surface area contributed by atoms with Crippen molar-refractivity contribution in [2.24, 2.45) is 5.92 Å². The van der Waals surface area contributed by atoms with Gasteiger partial charge in [-0.15, -0.1) is 0 Å². The van der Waals surface area contributed by atoms with Crippen LogP contribution in [0.1, 0.15) is 17.5 Å². The summed E-state index contributed by atoms with van der Waals surface area (Å²) in [4.78, 5) is 38.4. The fourth-order valence-electron chi connectivity index (χ4n) is 3.16. The molecule has 0 radical (unpaired) electrons. The van der Waals surface area contributed by atoms with Crippen LogP contribution >= 0.6 is 23.2 Å². The number of nitrogens with one attached hydrogen (secondary N) is 1. The molecule has 8 heteroatoms. The van der Waals surface area contributed by atoms with Crippen molar-refractivity contribution in [1.82, 2.24) is 0 Å². The van der Waals surface area contributed by atoms with Gasteiger partial charge in [-0.1, -0.05) is 35.3 Å². The Balaban J connectivity index is 1.57. The van der Waals surface area contributed by atoms with Gasteiger partial charge in [-0.2, -0.15) is 0 Å². The third-order valence-electron chi connectivity index (χ3n) is 4.81. The number of halogens is 2. The molecule has 0 unspecified atom stereocenters. The molecule has 0 aromatic heterocycles. The molecule has 1 heterocycles. The molecule has 2 aromatic rings. The number of esters is 1. The summed E-state index contributed by atoms with van der Waals surface area (Å²) in [5, 5.41) is 3.70. The molecule has 6 nitrogen and oxygen atoms in total. The van der Waals surface area contributed by atoms with Crippen molar-refractivity contribution in [3.05, 3.63) is 57.6 Å². The first-order valence-electron chi connectivity index (χ1n) is 9.04. The summed E-state index contributed by atoms with van der Waals surface area (Å²) >= 11 is 12.1. The molecule has 2 aromatic carbocycles. The SMILES string of the molecule is Cc1ccc(Cl)cc1NC(=O)COC(=O)[C@H]1CC(=O)N(c2cccc(Cl)c2C)C1. The lowest BCUT2D eigenvalue weighted by Gasteiger charge is -2.19. The zero-order valence-corrected chi connectivity index (χ0v) is 17.5. The van der Waals surface area contributed by atoms with E-state index in [9.17, 15) is 14.4 Å². The van der Waals surface area contributed by atoms with Crippen molar-refractivity contribution in [2.75, 3.05) is 23.4 Å². The zero-order chi connectivity index (χ0) is 21.1.